The van der Waals surface area contributed by atoms with Crippen LogP contribution in [0.4, 0.5) is 0 Å². The van der Waals surface area contributed by atoms with Crippen molar-refractivity contribution in [1.82, 2.24) is 0 Å². The van der Waals surface area contributed by atoms with Crippen molar-refractivity contribution in [3.05, 3.63) is 0 Å². The molecule has 0 aromatic rings. The molecule has 9 aliphatic rings. The second-order valence-electron chi connectivity index (χ2n) is 25.8. The van der Waals surface area contributed by atoms with Crippen molar-refractivity contribution in [3.63, 3.8) is 0 Å². The van der Waals surface area contributed by atoms with E-state index in [1.54, 1.807) is 13.8 Å². The number of rotatable bonds is 14. The Bertz CT molecular complexity index is 1950. The average molecular weight is 1070 g/mol. The monoisotopic (exact) mass is 1060 g/mol. The summed E-state index contributed by atoms with van der Waals surface area (Å²) >= 11 is 0. The second kappa shape index (κ2) is 20.6. The Balaban J connectivity index is 0.890. The summed E-state index contributed by atoms with van der Waals surface area (Å²) < 4.78 is 48.0. The highest BCUT2D eigenvalue weighted by Gasteiger charge is 2.84. The molecule has 9 rings (SSSR count). The van der Waals surface area contributed by atoms with Crippen LogP contribution in [0.25, 0.3) is 0 Å². The molecule has 74 heavy (non-hydrogen) atoms. The highest BCUT2D eigenvalue weighted by atomic mass is 16.8. The molecule has 0 bridgehead atoms. The van der Waals surface area contributed by atoms with Gasteiger partial charge in [0, 0.05) is 0 Å². The summed E-state index contributed by atoms with van der Waals surface area (Å²) in [5, 5.41) is 153. The molecule has 0 aromatic heterocycles. The van der Waals surface area contributed by atoms with Gasteiger partial charge in [-0.05, 0) is 129 Å². The molecule has 2 spiro atoms. The lowest BCUT2D eigenvalue weighted by molar-refractivity contribution is -0.388. The van der Waals surface area contributed by atoms with E-state index in [0.29, 0.717) is 38.5 Å². The van der Waals surface area contributed by atoms with Gasteiger partial charge in [0.2, 0.25) is 0 Å². The second-order valence-corrected chi connectivity index (χ2v) is 25.8. The van der Waals surface area contributed by atoms with Crippen LogP contribution in [-0.4, -0.2) is 232 Å². The zero-order valence-corrected chi connectivity index (χ0v) is 44.0. The SMILES string of the molecule is C[C@H](CC[C@H](O)C(C)(C)O[C@H]1OC[C@H](O)[C@@H](O)[C@@H]1O)[C@H]1[C@@H](O)C[C@@]2(C)C3C[C@H](O)C4C(C)(C)[C@@H](O[C@@H]5O[C@H](CO)[C@@H](O)[C@H](O)[C@H]5O[C@@H]5OC[C@H](O)[C@H](O)[C@H]5O[C@H]5O[C@H](C)[C@@H](O)[C@@H](O)[C@@H]5O)CC[C@@]45C[C@@]35CC[C@]12C. The smallest absolute Gasteiger partial charge is 0.187 e. The molecular formula is C52H88O22. The molecule has 2 unspecified atom stereocenters. The molecule has 0 radical (unpaired) electrons. The van der Waals surface area contributed by atoms with Crippen LogP contribution >= 0.6 is 0 Å². The van der Waals surface area contributed by atoms with Gasteiger partial charge in [-0.15, -0.1) is 0 Å². The van der Waals surface area contributed by atoms with E-state index in [9.17, 15) is 71.5 Å². The van der Waals surface area contributed by atoms with Crippen molar-refractivity contribution in [2.75, 3.05) is 19.8 Å². The third-order valence-corrected chi connectivity index (χ3v) is 21.2. The average Bonchev–Trinajstić information content (AvgIpc) is 3.93. The Morgan fingerprint density at radius 3 is 1.91 bits per heavy atom. The van der Waals surface area contributed by atoms with Crippen LogP contribution in [0.15, 0.2) is 0 Å². The Morgan fingerprint density at radius 2 is 1.23 bits per heavy atom. The number of ether oxygens (including phenoxy) is 8. The number of hydrogen-bond acceptors (Lipinski definition) is 22. The maximum absolute atomic E-state index is 12.6. The van der Waals surface area contributed by atoms with Crippen LogP contribution in [-0.2, 0) is 37.9 Å². The van der Waals surface area contributed by atoms with Gasteiger partial charge in [-0.25, -0.2) is 0 Å². The van der Waals surface area contributed by atoms with Crippen molar-refractivity contribution in [2.45, 2.75) is 254 Å². The Labute approximate surface area is 432 Å². The molecule has 0 amide bonds. The molecule has 5 aliphatic carbocycles. The fraction of sp³-hybridized carbons (Fsp3) is 1.00. The quantitative estimate of drug-likeness (QED) is 0.0827. The Kier molecular flexibility index (Phi) is 16.1. The van der Waals surface area contributed by atoms with Crippen molar-refractivity contribution in [3.8, 4) is 0 Å². The van der Waals surface area contributed by atoms with E-state index in [1.807, 2.05) is 0 Å². The summed E-state index contributed by atoms with van der Waals surface area (Å²) in [4.78, 5) is 0. The largest absolute Gasteiger partial charge is 0.394 e. The van der Waals surface area contributed by atoms with Gasteiger partial charge in [0.05, 0.1) is 55.9 Å². The van der Waals surface area contributed by atoms with Crippen molar-refractivity contribution in [1.29, 1.82) is 0 Å². The van der Waals surface area contributed by atoms with Crippen LogP contribution in [0.5, 0.6) is 0 Å². The molecular weight excluding hydrogens is 977 g/mol. The molecule has 428 valence electrons. The minimum Gasteiger partial charge on any atom is -0.394 e. The zero-order valence-electron chi connectivity index (χ0n) is 44.0. The summed E-state index contributed by atoms with van der Waals surface area (Å²) in [5.74, 6) is -0.232. The van der Waals surface area contributed by atoms with Crippen LogP contribution in [0.3, 0.4) is 0 Å². The van der Waals surface area contributed by atoms with Gasteiger partial charge in [-0.1, -0.05) is 34.6 Å². The van der Waals surface area contributed by atoms with Crippen LogP contribution in [0.2, 0.25) is 0 Å². The van der Waals surface area contributed by atoms with E-state index < -0.39 is 159 Å². The molecule has 22 heteroatoms. The van der Waals surface area contributed by atoms with Gasteiger partial charge in [0.15, 0.2) is 25.2 Å². The predicted octanol–water partition coefficient (Wildman–Crippen LogP) is -2.12. The predicted molar refractivity (Wildman–Crippen MR) is 253 cm³/mol. The van der Waals surface area contributed by atoms with Gasteiger partial charge in [0.25, 0.3) is 0 Å². The zero-order chi connectivity index (χ0) is 54.2. The standard InChI is InChI=1S/C52H88O22/c1-21(9-10-29(58)48(5,6)74-43-38(65)33(60)25(56)18-67-43)31-24(55)16-50(8)28-15-23(54)42-47(3,4)30(11-12-52(42)20-51(28,52)14-13-49(31,50)7)71-46-41(37(64)35(62)27(17-53)70-46)73-45-40(34(61)26(57)19-68-45)72-44-39(66)36(63)32(59)22(2)69-44/h21-46,53-66H,9-20H2,1-8H3/t21-,22-,23+,24+,25+,26+,27-,28?,29+,30+,31+,32-,33-,34+,35-,36-,37+,38+,39+,40-,41-,42?,43-,44-,45+,46+,49-,50+,51+,52-/m1/s1. The molecule has 30 atom stereocenters. The summed E-state index contributed by atoms with van der Waals surface area (Å²) in [5.41, 5.74) is -2.87. The molecule has 4 saturated heterocycles. The number of aliphatic hydroxyl groups is 14. The fourth-order valence-corrected chi connectivity index (χ4v) is 16.9. The highest BCUT2D eigenvalue weighted by molar-refractivity contribution is 5.32. The summed E-state index contributed by atoms with van der Waals surface area (Å²) in [6.45, 7) is 14.3. The van der Waals surface area contributed by atoms with Gasteiger partial charge in [-0.2, -0.15) is 0 Å². The number of aliphatic hydroxyl groups excluding tert-OH is 14. The minimum absolute atomic E-state index is 0.00276. The maximum Gasteiger partial charge on any atom is 0.187 e. The first-order valence-electron chi connectivity index (χ1n) is 27.2. The van der Waals surface area contributed by atoms with Crippen LogP contribution in [0, 0.1) is 50.7 Å². The number of fused-ring (bicyclic) bond motifs is 2. The van der Waals surface area contributed by atoms with Crippen LogP contribution < -0.4 is 0 Å². The third-order valence-electron chi connectivity index (χ3n) is 21.2. The van der Waals surface area contributed by atoms with Crippen molar-refractivity contribution in [2.24, 2.45) is 50.7 Å². The van der Waals surface area contributed by atoms with Gasteiger partial charge >= 0.3 is 0 Å². The lowest BCUT2D eigenvalue weighted by Gasteiger charge is -2.64. The number of hydrogen-bond donors (Lipinski definition) is 14. The van der Waals surface area contributed by atoms with Gasteiger partial charge in [-0.3, -0.25) is 0 Å². The summed E-state index contributed by atoms with van der Waals surface area (Å²) in [6.07, 6.45) is -24.2. The normalized spacial score (nSPS) is 55.1. The fourth-order valence-electron chi connectivity index (χ4n) is 16.9. The Hall–Kier alpha value is -0.880. The minimum atomic E-state index is -1.78. The Morgan fingerprint density at radius 1 is 0.608 bits per heavy atom. The highest BCUT2D eigenvalue weighted by Crippen LogP contribution is 2.89. The first-order chi connectivity index (χ1) is 34.5. The van der Waals surface area contributed by atoms with Crippen molar-refractivity contribution < 1.29 is 109 Å². The summed E-state index contributed by atoms with van der Waals surface area (Å²) in [6, 6.07) is 0. The van der Waals surface area contributed by atoms with Gasteiger partial charge < -0.3 is 109 Å². The molecule has 4 heterocycles. The molecule has 0 aromatic carbocycles. The lowest BCUT2D eigenvalue weighted by atomic mass is 9.41. The third kappa shape index (κ3) is 9.18. The van der Waals surface area contributed by atoms with Gasteiger partial charge in [0.1, 0.15) is 79.4 Å². The van der Waals surface area contributed by atoms with E-state index in [-0.39, 0.29) is 51.9 Å². The van der Waals surface area contributed by atoms with E-state index in [2.05, 4.69) is 34.6 Å². The van der Waals surface area contributed by atoms with E-state index in [4.69, 9.17) is 37.9 Å². The first kappa shape index (κ1) is 57.8. The molecule has 5 saturated carbocycles. The molecule has 4 aliphatic heterocycles. The van der Waals surface area contributed by atoms with E-state index in [1.165, 1.54) is 6.92 Å². The van der Waals surface area contributed by atoms with Crippen molar-refractivity contribution >= 4 is 0 Å². The summed E-state index contributed by atoms with van der Waals surface area (Å²) in [7, 11) is 0. The first-order valence-corrected chi connectivity index (χ1v) is 27.2. The topological polar surface area (TPSA) is 357 Å². The lowest BCUT2D eigenvalue weighted by Crippen LogP contribution is -2.66. The van der Waals surface area contributed by atoms with E-state index >= 15 is 0 Å². The molecule has 9 fully saturated rings. The molecule has 14 N–H and O–H groups in total. The molecule has 22 nitrogen and oxygen atoms in total. The van der Waals surface area contributed by atoms with Crippen LogP contribution in [0.1, 0.15) is 113 Å². The maximum atomic E-state index is 12.6. The van der Waals surface area contributed by atoms with E-state index in [0.717, 1.165) is 19.3 Å².